The van der Waals surface area contributed by atoms with Crippen LogP contribution in [0.4, 0.5) is 0 Å². The molecule has 2 heterocycles. The molecule has 0 bridgehead atoms. The second-order valence-electron chi connectivity index (χ2n) is 3.74. The molecule has 1 fully saturated rings. The Morgan fingerprint density at radius 3 is 3.20 bits per heavy atom. The van der Waals surface area contributed by atoms with Crippen LogP contribution in [-0.4, -0.2) is 34.1 Å². The minimum Gasteiger partial charge on any atom is -0.341 e. The number of likely N-dealkylation sites (tertiary alicyclic amines) is 1. The molecule has 0 aliphatic carbocycles. The van der Waals surface area contributed by atoms with Gasteiger partial charge in [0.2, 0.25) is 5.91 Å². The van der Waals surface area contributed by atoms with E-state index in [1.54, 1.807) is 6.20 Å². The fourth-order valence-electron chi connectivity index (χ4n) is 1.78. The fourth-order valence-corrected chi connectivity index (χ4v) is 1.78. The number of H-pyrrole nitrogens is 1. The van der Waals surface area contributed by atoms with Gasteiger partial charge < -0.3 is 4.90 Å². The lowest BCUT2D eigenvalue weighted by Crippen LogP contribution is -2.27. The molecule has 1 unspecified atom stereocenters. The number of hydrogen-bond acceptors (Lipinski definition) is 2. The number of amides is 1. The number of nitrogens with zero attached hydrogens (tertiary/aromatic N) is 2. The normalized spacial score (nSPS) is 20.6. The van der Waals surface area contributed by atoms with Crippen molar-refractivity contribution in [3.63, 3.8) is 0 Å². The van der Waals surface area contributed by atoms with Gasteiger partial charge in [0.15, 0.2) is 0 Å². The first-order valence-electron chi connectivity index (χ1n) is 5.01. The van der Waals surface area contributed by atoms with Crippen molar-refractivity contribution in [1.82, 2.24) is 15.1 Å². The van der Waals surface area contributed by atoms with Gasteiger partial charge in [0.25, 0.3) is 0 Å². The molecule has 1 aliphatic rings. The molecule has 1 N–H and O–H groups in total. The number of carbonyl (C=O) groups is 1. The van der Waals surface area contributed by atoms with E-state index in [0.29, 0.717) is 13.0 Å². The van der Waals surface area contributed by atoms with E-state index in [-0.39, 0.29) is 11.8 Å². The summed E-state index contributed by atoms with van der Waals surface area (Å²) in [6.07, 6.45) is 8.33. The lowest BCUT2D eigenvalue weighted by molar-refractivity contribution is -0.127. The highest BCUT2D eigenvalue weighted by molar-refractivity contribution is 5.79. The molecule has 0 spiro atoms. The lowest BCUT2D eigenvalue weighted by Gasteiger charge is -2.14. The van der Waals surface area contributed by atoms with Crippen LogP contribution < -0.4 is 0 Å². The molecule has 1 amide bonds. The number of hydrogen-bond donors (Lipinski definition) is 1. The largest absolute Gasteiger partial charge is 0.341 e. The van der Waals surface area contributed by atoms with Gasteiger partial charge in [-0.25, -0.2) is 0 Å². The third kappa shape index (κ3) is 2.18. The molecule has 1 atom stereocenters. The van der Waals surface area contributed by atoms with Gasteiger partial charge >= 0.3 is 0 Å². The highest BCUT2D eigenvalue weighted by Gasteiger charge is 2.27. The third-order valence-corrected chi connectivity index (χ3v) is 2.66. The molecule has 2 rings (SSSR count). The Hall–Kier alpha value is -1.76. The second kappa shape index (κ2) is 4.18. The predicted octanol–water partition coefficient (Wildman–Crippen LogP) is 0.434. The Labute approximate surface area is 88.7 Å². The summed E-state index contributed by atoms with van der Waals surface area (Å²) in [5.74, 6) is 2.90. The first-order chi connectivity index (χ1) is 7.29. The minimum absolute atomic E-state index is 0.0965. The zero-order valence-corrected chi connectivity index (χ0v) is 8.44. The van der Waals surface area contributed by atoms with Crippen molar-refractivity contribution in [2.45, 2.75) is 12.8 Å². The quantitative estimate of drug-likeness (QED) is 0.724. The fraction of sp³-hybridized carbons (Fsp3) is 0.455. The van der Waals surface area contributed by atoms with Crippen LogP contribution in [0.2, 0.25) is 0 Å². The van der Waals surface area contributed by atoms with E-state index < -0.39 is 0 Å². The Morgan fingerprint density at radius 2 is 2.60 bits per heavy atom. The predicted molar refractivity (Wildman–Crippen MR) is 55.8 cm³/mol. The van der Waals surface area contributed by atoms with Crippen molar-refractivity contribution in [3.8, 4) is 12.3 Å². The van der Waals surface area contributed by atoms with Crippen LogP contribution in [0.3, 0.4) is 0 Å². The number of rotatable bonds is 3. The summed E-state index contributed by atoms with van der Waals surface area (Å²) in [6.45, 7) is 1.42. The molecule has 0 aromatic carbocycles. The van der Waals surface area contributed by atoms with Crippen molar-refractivity contribution in [2.24, 2.45) is 5.92 Å². The molecule has 0 radical (unpaired) electrons. The number of nitrogens with one attached hydrogen (secondary N) is 1. The van der Waals surface area contributed by atoms with Gasteiger partial charge in [-0.1, -0.05) is 0 Å². The van der Waals surface area contributed by atoms with Crippen molar-refractivity contribution in [1.29, 1.82) is 0 Å². The Morgan fingerprint density at radius 1 is 1.73 bits per heavy atom. The Balaban J connectivity index is 1.86. The maximum atomic E-state index is 11.5. The summed E-state index contributed by atoms with van der Waals surface area (Å²) in [5.41, 5.74) is 1.05. The second-order valence-corrected chi connectivity index (χ2v) is 3.74. The third-order valence-electron chi connectivity index (χ3n) is 2.66. The molecule has 1 aromatic heterocycles. The zero-order valence-electron chi connectivity index (χ0n) is 8.44. The van der Waals surface area contributed by atoms with E-state index in [4.69, 9.17) is 6.42 Å². The summed E-state index contributed by atoms with van der Waals surface area (Å²) in [7, 11) is 0. The average Bonchev–Trinajstić information content (AvgIpc) is 2.84. The average molecular weight is 203 g/mol. The summed E-state index contributed by atoms with van der Waals surface area (Å²) < 4.78 is 0. The van der Waals surface area contributed by atoms with Gasteiger partial charge in [0.05, 0.1) is 0 Å². The first kappa shape index (κ1) is 9.78. The van der Waals surface area contributed by atoms with E-state index in [2.05, 4.69) is 16.1 Å². The molecule has 1 saturated heterocycles. The SMILES string of the molecule is C#CC1CC(=O)N(CCc2ccn[nH]2)C1. The van der Waals surface area contributed by atoms with Gasteiger partial charge in [-0.05, 0) is 6.07 Å². The smallest absolute Gasteiger partial charge is 0.223 e. The summed E-state index contributed by atoms with van der Waals surface area (Å²) in [6, 6.07) is 1.92. The van der Waals surface area contributed by atoms with E-state index >= 15 is 0 Å². The molecule has 0 saturated carbocycles. The molecule has 15 heavy (non-hydrogen) atoms. The number of aromatic nitrogens is 2. The molecular weight excluding hydrogens is 190 g/mol. The standard InChI is InChI=1S/C11H13N3O/c1-2-9-7-11(15)14(8-9)6-4-10-3-5-12-13-10/h1,3,5,9H,4,6-8H2,(H,12,13). The Kier molecular flexibility index (Phi) is 2.72. The van der Waals surface area contributed by atoms with Crippen LogP contribution >= 0.6 is 0 Å². The van der Waals surface area contributed by atoms with E-state index in [0.717, 1.165) is 18.7 Å². The number of terminal acetylenes is 1. The molecular formula is C11H13N3O. The topological polar surface area (TPSA) is 49.0 Å². The van der Waals surface area contributed by atoms with E-state index in [1.807, 2.05) is 11.0 Å². The maximum absolute atomic E-state index is 11.5. The molecule has 1 aliphatic heterocycles. The van der Waals surface area contributed by atoms with Gasteiger partial charge in [-0.15, -0.1) is 12.3 Å². The van der Waals surface area contributed by atoms with Crippen LogP contribution in [0.5, 0.6) is 0 Å². The van der Waals surface area contributed by atoms with Crippen LogP contribution in [0.15, 0.2) is 12.3 Å². The Bertz CT molecular complexity index is 377. The van der Waals surface area contributed by atoms with Crippen molar-refractivity contribution < 1.29 is 4.79 Å². The van der Waals surface area contributed by atoms with Crippen LogP contribution in [-0.2, 0) is 11.2 Å². The number of carbonyl (C=O) groups excluding carboxylic acids is 1. The zero-order chi connectivity index (χ0) is 10.7. The number of aromatic amines is 1. The first-order valence-corrected chi connectivity index (χ1v) is 5.01. The summed E-state index contributed by atoms with van der Waals surface area (Å²) >= 11 is 0. The summed E-state index contributed by atoms with van der Waals surface area (Å²) in [5, 5.41) is 6.73. The molecule has 4 nitrogen and oxygen atoms in total. The molecule has 4 heteroatoms. The van der Waals surface area contributed by atoms with Gasteiger partial charge in [-0.3, -0.25) is 9.89 Å². The van der Waals surface area contributed by atoms with Crippen molar-refractivity contribution >= 4 is 5.91 Å². The van der Waals surface area contributed by atoms with Gasteiger partial charge in [-0.2, -0.15) is 5.10 Å². The monoisotopic (exact) mass is 203 g/mol. The summed E-state index contributed by atoms with van der Waals surface area (Å²) in [4.78, 5) is 13.3. The minimum atomic E-state index is 0.0965. The van der Waals surface area contributed by atoms with Gasteiger partial charge in [0, 0.05) is 43.7 Å². The van der Waals surface area contributed by atoms with Crippen molar-refractivity contribution in [2.75, 3.05) is 13.1 Å². The van der Waals surface area contributed by atoms with Crippen LogP contribution in [0.25, 0.3) is 0 Å². The highest BCUT2D eigenvalue weighted by atomic mass is 16.2. The highest BCUT2D eigenvalue weighted by Crippen LogP contribution is 2.16. The molecule has 1 aromatic rings. The van der Waals surface area contributed by atoms with Crippen LogP contribution in [0.1, 0.15) is 12.1 Å². The lowest BCUT2D eigenvalue weighted by atomic mass is 10.1. The van der Waals surface area contributed by atoms with E-state index in [9.17, 15) is 4.79 Å². The van der Waals surface area contributed by atoms with Gasteiger partial charge in [0.1, 0.15) is 0 Å². The maximum Gasteiger partial charge on any atom is 0.223 e. The van der Waals surface area contributed by atoms with Crippen molar-refractivity contribution in [3.05, 3.63) is 18.0 Å². The molecule has 78 valence electrons. The van der Waals surface area contributed by atoms with E-state index in [1.165, 1.54) is 0 Å². The van der Waals surface area contributed by atoms with Crippen LogP contribution in [0, 0.1) is 18.3 Å².